The molecule has 1 aromatic heterocycles. The average molecular weight is 301 g/mol. The Bertz CT molecular complexity index is 799. The summed E-state index contributed by atoms with van der Waals surface area (Å²) in [6.07, 6.45) is 3.11. The number of halogens is 2. The van der Waals surface area contributed by atoms with Crippen molar-refractivity contribution in [2.45, 2.75) is 0 Å². The summed E-state index contributed by atoms with van der Waals surface area (Å²) < 4.78 is 14.7. The van der Waals surface area contributed by atoms with Crippen LogP contribution in [0.3, 0.4) is 0 Å². The smallest absolute Gasteiger partial charge is 0.196 e. The van der Waals surface area contributed by atoms with Crippen LogP contribution in [0.2, 0.25) is 5.02 Å². The molecule has 21 heavy (non-hydrogen) atoms. The van der Waals surface area contributed by atoms with E-state index in [4.69, 9.17) is 11.6 Å². The van der Waals surface area contributed by atoms with Crippen LogP contribution in [0.15, 0.2) is 60.9 Å². The highest BCUT2D eigenvalue weighted by Gasteiger charge is 2.13. The zero-order valence-electron chi connectivity index (χ0n) is 10.8. The molecule has 0 fully saturated rings. The van der Waals surface area contributed by atoms with Gasteiger partial charge in [0.15, 0.2) is 5.78 Å². The summed E-state index contributed by atoms with van der Waals surface area (Å²) in [6, 6.07) is 13.3. The lowest BCUT2D eigenvalue weighted by molar-refractivity contribution is 0.103. The predicted octanol–water partition coefficient (Wildman–Crippen LogP) is 3.90. The highest BCUT2D eigenvalue weighted by atomic mass is 35.5. The van der Waals surface area contributed by atoms with Crippen LogP contribution >= 0.6 is 11.6 Å². The second kappa shape index (κ2) is 5.50. The van der Waals surface area contributed by atoms with Crippen molar-refractivity contribution < 1.29 is 9.18 Å². The lowest BCUT2D eigenvalue weighted by atomic mass is 10.1. The third-order valence-corrected chi connectivity index (χ3v) is 3.34. The monoisotopic (exact) mass is 300 g/mol. The Morgan fingerprint density at radius 2 is 1.86 bits per heavy atom. The molecule has 0 aliphatic carbocycles. The van der Waals surface area contributed by atoms with Crippen molar-refractivity contribution in [1.82, 2.24) is 9.78 Å². The number of benzene rings is 2. The fraction of sp³-hybridized carbons (Fsp3) is 0. The number of carbonyl (C=O) groups excluding carboxylic acids is 1. The Hall–Kier alpha value is -2.46. The lowest BCUT2D eigenvalue weighted by Gasteiger charge is -2.00. The number of carbonyl (C=O) groups is 1. The summed E-state index contributed by atoms with van der Waals surface area (Å²) in [5.74, 6) is -0.799. The maximum Gasteiger partial charge on any atom is 0.196 e. The quantitative estimate of drug-likeness (QED) is 0.688. The number of rotatable bonds is 3. The Morgan fingerprint density at radius 1 is 1.10 bits per heavy atom. The van der Waals surface area contributed by atoms with Gasteiger partial charge in [0.25, 0.3) is 0 Å². The lowest BCUT2D eigenvalue weighted by Crippen LogP contribution is -2.00. The van der Waals surface area contributed by atoms with E-state index in [2.05, 4.69) is 5.10 Å². The maximum atomic E-state index is 13.1. The molecule has 0 N–H and O–H groups in total. The molecule has 5 heteroatoms. The van der Waals surface area contributed by atoms with E-state index < -0.39 is 5.82 Å². The maximum absolute atomic E-state index is 13.1. The standard InChI is InChI=1S/C16H10ClFN2O/c17-14-8-11(6-7-15(14)18)16(21)12-9-19-20(10-12)13-4-2-1-3-5-13/h1-10H. The second-order valence-electron chi connectivity index (χ2n) is 4.47. The zero-order valence-corrected chi connectivity index (χ0v) is 11.6. The summed E-state index contributed by atoms with van der Waals surface area (Å²) in [5.41, 5.74) is 1.60. The van der Waals surface area contributed by atoms with E-state index in [1.54, 1.807) is 10.9 Å². The molecule has 0 aliphatic heterocycles. The molecule has 0 amide bonds. The van der Waals surface area contributed by atoms with E-state index in [9.17, 15) is 9.18 Å². The van der Waals surface area contributed by atoms with Gasteiger partial charge in [-0.05, 0) is 30.3 Å². The molecule has 0 atom stereocenters. The number of nitrogens with zero attached hydrogens (tertiary/aromatic N) is 2. The molecule has 0 aliphatic rings. The van der Waals surface area contributed by atoms with Crippen LogP contribution < -0.4 is 0 Å². The second-order valence-corrected chi connectivity index (χ2v) is 4.87. The summed E-state index contributed by atoms with van der Waals surface area (Å²) in [7, 11) is 0. The molecule has 0 unspecified atom stereocenters. The minimum absolute atomic E-state index is 0.0729. The zero-order chi connectivity index (χ0) is 14.8. The molecule has 3 nitrogen and oxygen atoms in total. The number of hydrogen-bond donors (Lipinski definition) is 0. The predicted molar refractivity (Wildman–Crippen MR) is 78.4 cm³/mol. The van der Waals surface area contributed by atoms with E-state index in [1.807, 2.05) is 30.3 Å². The van der Waals surface area contributed by atoms with Crippen molar-refractivity contribution >= 4 is 17.4 Å². The molecule has 3 rings (SSSR count). The van der Waals surface area contributed by atoms with Crippen LogP contribution in [0.4, 0.5) is 4.39 Å². The van der Waals surface area contributed by atoms with Crippen LogP contribution in [0.25, 0.3) is 5.69 Å². The van der Waals surface area contributed by atoms with Crippen molar-refractivity contribution in [3.63, 3.8) is 0 Å². The minimum Gasteiger partial charge on any atom is -0.288 e. The third-order valence-electron chi connectivity index (χ3n) is 3.05. The van der Waals surface area contributed by atoms with Crippen LogP contribution in [-0.2, 0) is 0 Å². The number of ketones is 1. The summed E-state index contributed by atoms with van der Waals surface area (Å²) in [4.78, 5) is 12.3. The van der Waals surface area contributed by atoms with Crippen molar-refractivity contribution in [2.75, 3.05) is 0 Å². The van der Waals surface area contributed by atoms with Gasteiger partial charge in [-0.25, -0.2) is 9.07 Å². The van der Waals surface area contributed by atoms with Gasteiger partial charge in [-0.1, -0.05) is 29.8 Å². The van der Waals surface area contributed by atoms with E-state index in [0.29, 0.717) is 11.1 Å². The van der Waals surface area contributed by atoms with Gasteiger partial charge in [0.1, 0.15) is 5.82 Å². The van der Waals surface area contributed by atoms with Gasteiger partial charge in [0, 0.05) is 11.8 Å². The van der Waals surface area contributed by atoms with E-state index in [-0.39, 0.29) is 10.8 Å². The van der Waals surface area contributed by atoms with Gasteiger partial charge in [0.05, 0.1) is 22.5 Å². The largest absolute Gasteiger partial charge is 0.288 e. The topological polar surface area (TPSA) is 34.9 Å². The molecule has 104 valence electrons. The molecule has 2 aromatic carbocycles. The molecule has 0 radical (unpaired) electrons. The Balaban J connectivity index is 1.92. The molecule has 1 heterocycles. The number of para-hydroxylation sites is 1. The Labute approximate surface area is 125 Å². The summed E-state index contributed by atoms with van der Waals surface area (Å²) >= 11 is 5.70. The molecule has 0 bridgehead atoms. The van der Waals surface area contributed by atoms with Gasteiger partial charge in [-0.3, -0.25) is 4.79 Å². The minimum atomic E-state index is -0.548. The first-order chi connectivity index (χ1) is 10.1. The van der Waals surface area contributed by atoms with Gasteiger partial charge in [-0.2, -0.15) is 5.10 Å². The third kappa shape index (κ3) is 2.71. The Morgan fingerprint density at radius 3 is 2.57 bits per heavy atom. The van der Waals surface area contributed by atoms with Crippen LogP contribution in [0, 0.1) is 5.82 Å². The van der Waals surface area contributed by atoms with Gasteiger partial charge in [-0.15, -0.1) is 0 Å². The van der Waals surface area contributed by atoms with Gasteiger partial charge >= 0.3 is 0 Å². The van der Waals surface area contributed by atoms with Gasteiger partial charge < -0.3 is 0 Å². The van der Waals surface area contributed by atoms with Crippen LogP contribution in [0.5, 0.6) is 0 Å². The first-order valence-corrected chi connectivity index (χ1v) is 6.63. The molecule has 3 aromatic rings. The number of aromatic nitrogens is 2. The molecular weight excluding hydrogens is 291 g/mol. The van der Waals surface area contributed by atoms with Crippen molar-refractivity contribution in [3.05, 3.63) is 82.9 Å². The van der Waals surface area contributed by atoms with E-state index >= 15 is 0 Å². The van der Waals surface area contributed by atoms with Crippen molar-refractivity contribution in [2.24, 2.45) is 0 Å². The highest BCUT2D eigenvalue weighted by molar-refractivity contribution is 6.31. The SMILES string of the molecule is O=C(c1ccc(F)c(Cl)c1)c1cnn(-c2ccccc2)c1. The van der Waals surface area contributed by atoms with Crippen molar-refractivity contribution in [1.29, 1.82) is 0 Å². The van der Waals surface area contributed by atoms with Crippen LogP contribution in [0.1, 0.15) is 15.9 Å². The van der Waals surface area contributed by atoms with Crippen molar-refractivity contribution in [3.8, 4) is 5.69 Å². The first kappa shape index (κ1) is 13.5. The highest BCUT2D eigenvalue weighted by Crippen LogP contribution is 2.19. The van der Waals surface area contributed by atoms with E-state index in [1.165, 1.54) is 24.4 Å². The molecule has 0 saturated heterocycles. The summed E-state index contributed by atoms with van der Waals surface area (Å²) in [6.45, 7) is 0. The average Bonchev–Trinajstić information content (AvgIpc) is 3.00. The molecular formula is C16H10ClFN2O. The molecule has 0 spiro atoms. The fourth-order valence-electron chi connectivity index (χ4n) is 1.97. The van der Waals surface area contributed by atoms with Crippen LogP contribution in [-0.4, -0.2) is 15.6 Å². The van der Waals surface area contributed by atoms with Gasteiger partial charge in [0.2, 0.25) is 0 Å². The number of hydrogen-bond acceptors (Lipinski definition) is 2. The Kier molecular flexibility index (Phi) is 3.54. The molecule has 0 saturated carbocycles. The fourth-order valence-corrected chi connectivity index (χ4v) is 2.15. The van der Waals surface area contributed by atoms with E-state index in [0.717, 1.165) is 5.69 Å². The first-order valence-electron chi connectivity index (χ1n) is 6.25. The summed E-state index contributed by atoms with van der Waals surface area (Å²) in [5, 5.41) is 4.09. The normalized spacial score (nSPS) is 10.6.